The zero-order valence-corrected chi connectivity index (χ0v) is 18.3. The summed E-state index contributed by atoms with van der Waals surface area (Å²) in [7, 11) is -3.81. The minimum atomic E-state index is -3.81. The van der Waals surface area contributed by atoms with Gasteiger partial charge >= 0.3 is 0 Å². The lowest BCUT2D eigenvalue weighted by atomic mass is 10.3. The van der Waals surface area contributed by atoms with Crippen LogP contribution in [0.3, 0.4) is 0 Å². The number of thiophene rings is 1. The molecule has 144 valence electrons. The molecule has 0 spiro atoms. The predicted molar refractivity (Wildman–Crippen MR) is 110 cm³/mol. The lowest BCUT2D eigenvalue weighted by molar-refractivity contribution is 0.100. The van der Waals surface area contributed by atoms with Crippen molar-refractivity contribution in [2.45, 2.75) is 18.4 Å². The van der Waals surface area contributed by atoms with Gasteiger partial charge in [0.25, 0.3) is 5.91 Å². The van der Waals surface area contributed by atoms with Crippen molar-refractivity contribution in [1.29, 1.82) is 0 Å². The monoisotopic (exact) mass is 489 g/mol. The molecule has 1 aromatic carbocycles. The number of benzene rings is 1. The Morgan fingerprint density at radius 2 is 2.07 bits per heavy atom. The molecule has 3 aromatic rings. The molecule has 0 radical (unpaired) electrons. The molecular formula is C16H16BrN3O4S3. The molecular weight excluding hydrogens is 474 g/mol. The number of rotatable bonds is 6. The number of ether oxygens (including phenoxy) is 1. The molecule has 0 saturated heterocycles. The Morgan fingerprint density at radius 3 is 2.70 bits per heavy atom. The number of fused-ring (bicyclic) bond motifs is 1. The summed E-state index contributed by atoms with van der Waals surface area (Å²) in [5.74, 6) is -0.353. The molecule has 11 heteroatoms. The summed E-state index contributed by atoms with van der Waals surface area (Å²) >= 11 is 5.87. The lowest BCUT2D eigenvalue weighted by Crippen LogP contribution is -2.19. The van der Waals surface area contributed by atoms with Gasteiger partial charge in [-0.25, -0.2) is 13.6 Å². The third kappa shape index (κ3) is 4.73. The van der Waals surface area contributed by atoms with Crippen LogP contribution in [0.15, 0.2) is 44.0 Å². The van der Waals surface area contributed by atoms with E-state index in [9.17, 15) is 13.2 Å². The summed E-state index contributed by atoms with van der Waals surface area (Å²) in [6, 6.07) is 8.11. The van der Waals surface area contributed by atoms with E-state index in [-0.39, 0.29) is 10.8 Å². The molecule has 0 saturated carbocycles. The van der Waals surface area contributed by atoms with Crippen molar-refractivity contribution in [2.24, 2.45) is 10.1 Å². The summed E-state index contributed by atoms with van der Waals surface area (Å²) in [4.78, 5) is 17.7. The van der Waals surface area contributed by atoms with Crippen LogP contribution in [0, 0.1) is 0 Å². The van der Waals surface area contributed by atoms with Gasteiger partial charge in [0.1, 0.15) is 0 Å². The molecule has 27 heavy (non-hydrogen) atoms. The Kier molecular flexibility index (Phi) is 6.28. The van der Waals surface area contributed by atoms with Gasteiger partial charge in [0.15, 0.2) is 4.80 Å². The van der Waals surface area contributed by atoms with Crippen LogP contribution in [0.2, 0.25) is 0 Å². The van der Waals surface area contributed by atoms with Gasteiger partial charge in [-0.3, -0.25) is 4.79 Å². The number of nitrogens with zero attached hydrogens (tertiary/aromatic N) is 2. The van der Waals surface area contributed by atoms with Crippen LogP contribution in [0.5, 0.6) is 0 Å². The fraction of sp³-hybridized carbons (Fsp3) is 0.250. The molecule has 2 aromatic heterocycles. The largest absolute Gasteiger partial charge is 0.380 e. The molecule has 7 nitrogen and oxygen atoms in total. The minimum absolute atomic E-state index is 0.0215. The number of thiazole rings is 1. The topological polar surface area (TPSA) is 104 Å². The number of primary sulfonamides is 1. The molecule has 0 aliphatic rings. The van der Waals surface area contributed by atoms with Crippen LogP contribution in [0.1, 0.15) is 16.6 Å². The number of amides is 1. The number of halogens is 1. The van der Waals surface area contributed by atoms with Crippen molar-refractivity contribution in [3.05, 3.63) is 43.8 Å². The number of carbonyl (C=O) groups is 1. The normalized spacial score (nSPS) is 12.8. The van der Waals surface area contributed by atoms with Gasteiger partial charge in [0.2, 0.25) is 10.0 Å². The molecule has 1 amide bonds. The van der Waals surface area contributed by atoms with Gasteiger partial charge < -0.3 is 9.30 Å². The van der Waals surface area contributed by atoms with E-state index in [0.717, 1.165) is 9.30 Å². The zero-order chi connectivity index (χ0) is 19.6. The number of aromatic nitrogens is 1. The Bertz CT molecular complexity index is 1160. The van der Waals surface area contributed by atoms with Crippen LogP contribution in [-0.4, -0.2) is 32.1 Å². The predicted octanol–water partition coefficient (Wildman–Crippen LogP) is 2.95. The second-order valence-corrected chi connectivity index (χ2v) is 10.5. The smallest absolute Gasteiger partial charge is 0.289 e. The minimum Gasteiger partial charge on any atom is -0.380 e. The Morgan fingerprint density at radius 1 is 1.30 bits per heavy atom. The van der Waals surface area contributed by atoms with Crippen molar-refractivity contribution in [2.75, 3.05) is 13.2 Å². The van der Waals surface area contributed by atoms with E-state index < -0.39 is 10.0 Å². The van der Waals surface area contributed by atoms with Gasteiger partial charge in [-0.2, -0.15) is 4.99 Å². The summed E-state index contributed by atoms with van der Waals surface area (Å²) in [5, 5.41) is 5.22. The highest BCUT2D eigenvalue weighted by molar-refractivity contribution is 9.11. The standard InChI is InChI=1S/C16H16BrN3O4S3/c1-2-24-8-7-20-11-4-3-10(27(18,22)23)9-13(11)26-16(20)19-15(21)12-5-6-14(17)25-12/h3-6,9H,2,7-8H2,1H3,(H2,18,22,23). The molecule has 0 atom stereocenters. The van der Waals surface area contributed by atoms with Crippen LogP contribution in [-0.2, 0) is 21.3 Å². The molecule has 3 rings (SSSR count). The molecule has 0 bridgehead atoms. The number of carbonyl (C=O) groups excluding carboxylic acids is 1. The van der Waals surface area contributed by atoms with Crippen molar-refractivity contribution < 1.29 is 17.9 Å². The maximum Gasteiger partial charge on any atom is 0.289 e. The van der Waals surface area contributed by atoms with E-state index in [1.54, 1.807) is 18.2 Å². The fourth-order valence-electron chi connectivity index (χ4n) is 2.40. The molecule has 0 fully saturated rings. The van der Waals surface area contributed by atoms with Crippen LogP contribution in [0.4, 0.5) is 0 Å². The van der Waals surface area contributed by atoms with Crippen molar-refractivity contribution in [1.82, 2.24) is 4.57 Å². The molecule has 0 aliphatic carbocycles. The SMILES string of the molecule is CCOCCn1c(=NC(=O)c2ccc(Br)s2)sc2cc(S(N)(=O)=O)ccc21. The fourth-order valence-corrected chi connectivity index (χ4v) is 5.38. The number of hydrogen-bond acceptors (Lipinski definition) is 6. The average Bonchev–Trinajstić information content (AvgIpc) is 3.18. The summed E-state index contributed by atoms with van der Waals surface area (Å²) in [6.07, 6.45) is 0. The Labute approximate surface area is 172 Å². The first kappa shape index (κ1) is 20.4. The Balaban J connectivity index is 2.12. The molecule has 2 N–H and O–H groups in total. The quantitative estimate of drug-likeness (QED) is 0.537. The summed E-state index contributed by atoms with van der Waals surface area (Å²) in [5.41, 5.74) is 0.769. The first-order valence-electron chi connectivity index (χ1n) is 7.88. The second kappa shape index (κ2) is 8.33. The third-order valence-corrected chi connectivity index (χ3v) is 7.19. The highest BCUT2D eigenvalue weighted by Crippen LogP contribution is 2.24. The average molecular weight is 490 g/mol. The van der Waals surface area contributed by atoms with E-state index in [1.807, 2.05) is 11.5 Å². The number of sulfonamides is 1. The van der Waals surface area contributed by atoms with Crippen LogP contribution >= 0.6 is 38.6 Å². The molecule has 2 heterocycles. The van der Waals surface area contributed by atoms with Gasteiger partial charge in [-0.15, -0.1) is 11.3 Å². The van der Waals surface area contributed by atoms with Crippen molar-refractivity contribution >= 4 is 64.8 Å². The third-order valence-electron chi connectivity index (χ3n) is 3.63. The van der Waals surface area contributed by atoms with Gasteiger partial charge in [0.05, 0.1) is 30.4 Å². The molecule has 0 unspecified atom stereocenters. The Hall–Kier alpha value is -1.37. The van der Waals surface area contributed by atoms with E-state index in [2.05, 4.69) is 20.9 Å². The van der Waals surface area contributed by atoms with Gasteiger partial charge in [0, 0.05) is 13.2 Å². The van der Waals surface area contributed by atoms with E-state index in [4.69, 9.17) is 9.88 Å². The highest BCUT2D eigenvalue weighted by Gasteiger charge is 2.14. The number of hydrogen-bond donors (Lipinski definition) is 1. The maximum absolute atomic E-state index is 12.5. The summed E-state index contributed by atoms with van der Waals surface area (Å²) < 4.78 is 32.0. The first-order valence-corrected chi connectivity index (χ1v) is 11.8. The van der Waals surface area contributed by atoms with Gasteiger partial charge in [-0.05, 0) is 53.2 Å². The van der Waals surface area contributed by atoms with Gasteiger partial charge in [-0.1, -0.05) is 11.3 Å². The molecule has 0 aliphatic heterocycles. The number of nitrogens with two attached hydrogens (primary N) is 1. The van der Waals surface area contributed by atoms with E-state index >= 15 is 0 Å². The first-order chi connectivity index (χ1) is 12.8. The van der Waals surface area contributed by atoms with Crippen molar-refractivity contribution in [3.63, 3.8) is 0 Å². The van der Waals surface area contributed by atoms with E-state index in [0.29, 0.717) is 34.1 Å². The van der Waals surface area contributed by atoms with Crippen LogP contribution < -0.4 is 9.94 Å². The van der Waals surface area contributed by atoms with Crippen molar-refractivity contribution in [3.8, 4) is 0 Å². The second-order valence-electron chi connectivity index (χ2n) is 5.43. The zero-order valence-electron chi connectivity index (χ0n) is 14.2. The lowest BCUT2D eigenvalue weighted by Gasteiger charge is -2.05. The highest BCUT2D eigenvalue weighted by atomic mass is 79.9. The van der Waals surface area contributed by atoms with E-state index in [1.165, 1.54) is 34.8 Å². The summed E-state index contributed by atoms with van der Waals surface area (Å²) in [6.45, 7) is 3.42. The maximum atomic E-state index is 12.5. The van der Waals surface area contributed by atoms with Crippen LogP contribution in [0.25, 0.3) is 10.2 Å².